The fraction of sp³-hybridized carbons (Fsp3) is 0.250. The summed E-state index contributed by atoms with van der Waals surface area (Å²) in [5.41, 5.74) is 2.61. The molecular formula is C16H17BrO. The Bertz CT molecular complexity index is 473. The lowest BCUT2D eigenvalue weighted by molar-refractivity contribution is 0.482. The van der Waals surface area contributed by atoms with Crippen molar-refractivity contribution < 1.29 is 4.74 Å². The van der Waals surface area contributed by atoms with Crippen molar-refractivity contribution in [3.05, 3.63) is 59.7 Å². The minimum Gasteiger partial charge on any atom is -0.457 e. The van der Waals surface area contributed by atoms with Crippen molar-refractivity contribution in [3.8, 4) is 11.5 Å². The lowest BCUT2D eigenvalue weighted by Crippen LogP contribution is -1.87. The highest BCUT2D eigenvalue weighted by atomic mass is 79.9. The average Bonchev–Trinajstić information content (AvgIpc) is 2.42. The van der Waals surface area contributed by atoms with E-state index in [0.717, 1.165) is 23.2 Å². The standard InChI is InChI=1S/C16H17BrO/c1-2-3-13-4-8-15(9-5-13)18-16-10-6-14(12-17)7-11-16/h4-11H,2-3,12H2,1H3. The molecule has 94 valence electrons. The molecule has 0 spiro atoms. The average molecular weight is 305 g/mol. The molecule has 0 atom stereocenters. The zero-order valence-electron chi connectivity index (χ0n) is 10.5. The molecule has 0 bridgehead atoms. The summed E-state index contributed by atoms with van der Waals surface area (Å²) in [6.45, 7) is 2.19. The molecule has 0 aliphatic heterocycles. The van der Waals surface area contributed by atoms with E-state index in [4.69, 9.17) is 4.74 Å². The topological polar surface area (TPSA) is 9.23 Å². The second-order valence-electron chi connectivity index (χ2n) is 4.27. The molecule has 18 heavy (non-hydrogen) atoms. The van der Waals surface area contributed by atoms with Gasteiger partial charge in [0.25, 0.3) is 0 Å². The molecule has 0 heterocycles. The highest BCUT2D eigenvalue weighted by molar-refractivity contribution is 9.08. The SMILES string of the molecule is CCCc1ccc(Oc2ccc(CBr)cc2)cc1. The zero-order valence-corrected chi connectivity index (χ0v) is 12.1. The molecule has 0 N–H and O–H groups in total. The molecule has 0 saturated heterocycles. The summed E-state index contributed by atoms with van der Waals surface area (Å²) in [5, 5.41) is 0.874. The summed E-state index contributed by atoms with van der Waals surface area (Å²) in [6, 6.07) is 16.4. The van der Waals surface area contributed by atoms with E-state index in [9.17, 15) is 0 Å². The first kappa shape index (κ1) is 13.2. The number of ether oxygens (including phenoxy) is 1. The fourth-order valence-corrected chi connectivity index (χ4v) is 2.17. The van der Waals surface area contributed by atoms with Gasteiger partial charge >= 0.3 is 0 Å². The van der Waals surface area contributed by atoms with Crippen LogP contribution in [0, 0.1) is 0 Å². The van der Waals surface area contributed by atoms with Gasteiger partial charge in [0.15, 0.2) is 0 Å². The van der Waals surface area contributed by atoms with Gasteiger partial charge in [-0.2, -0.15) is 0 Å². The predicted octanol–water partition coefficient (Wildman–Crippen LogP) is 5.33. The summed E-state index contributed by atoms with van der Waals surface area (Å²) in [6.07, 6.45) is 2.30. The van der Waals surface area contributed by atoms with Crippen LogP contribution in [0.3, 0.4) is 0 Å². The molecule has 0 radical (unpaired) electrons. The number of halogens is 1. The van der Waals surface area contributed by atoms with Gasteiger partial charge in [-0.1, -0.05) is 53.5 Å². The van der Waals surface area contributed by atoms with Crippen molar-refractivity contribution in [2.45, 2.75) is 25.1 Å². The van der Waals surface area contributed by atoms with Gasteiger partial charge in [-0.25, -0.2) is 0 Å². The van der Waals surface area contributed by atoms with Crippen molar-refractivity contribution >= 4 is 15.9 Å². The van der Waals surface area contributed by atoms with Crippen LogP contribution in [0.4, 0.5) is 0 Å². The Morgan fingerprint density at radius 1 is 0.833 bits per heavy atom. The Kier molecular flexibility index (Phi) is 4.82. The van der Waals surface area contributed by atoms with E-state index >= 15 is 0 Å². The predicted molar refractivity (Wildman–Crippen MR) is 79.6 cm³/mol. The maximum Gasteiger partial charge on any atom is 0.127 e. The minimum absolute atomic E-state index is 0.874. The summed E-state index contributed by atoms with van der Waals surface area (Å²) in [4.78, 5) is 0. The molecule has 0 aliphatic rings. The van der Waals surface area contributed by atoms with E-state index in [1.54, 1.807) is 0 Å². The van der Waals surface area contributed by atoms with E-state index in [1.807, 2.05) is 24.3 Å². The molecule has 2 heteroatoms. The number of aryl methyl sites for hydroxylation is 1. The van der Waals surface area contributed by atoms with Crippen LogP contribution in [0.15, 0.2) is 48.5 Å². The summed E-state index contributed by atoms with van der Waals surface area (Å²) in [5.74, 6) is 1.77. The van der Waals surface area contributed by atoms with Crippen molar-refractivity contribution in [2.75, 3.05) is 0 Å². The van der Waals surface area contributed by atoms with Gasteiger partial charge in [0.1, 0.15) is 11.5 Å². The Hall–Kier alpha value is -1.28. The van der Waals surface area contributed by atoms with Gasteiger partial charge in [0.05, 0.1) is 0 Å². The maximum absolute atomic E-state index is 5.80. The first-order valence-electron chi connectivity index (χ1n) is 6.23. The molecule has 0 fully saturated rings. The van der Waals surface area contributed by atoms with Crippen LogP contribution < -0.4 is 4.74 Å². The molecule has 2 rings (SSSR count). The Morgan fingerprint density at radius 3 is 1.78 bits per heavy atom. The van der Waals surface area contributed by atoms with E-state index in [2.05, 4.69) is 47.1 Å². The first-order chi connectivity index (χ1) is 8.81. The highest BCUT2D eigenvalue weighted by Gasteiger charge is 1.98. The number of hydrogen-bond donors (Lipinski definition) is 0. The lowest BCUT2D eigenvalue weighted by Gasteiger charge is -2.07. The molecule has 0 aromatic heterocycles. The maximum atomic E-state index is 5.80. The van der Waals surface area contributed by atoms with Crippen LogP contribution >= 0.6 is 15.9 Å². The molecule has 2 aromatic carbocycles. The van der Waals surface area contributed by atoms with Crippen LogP contribution in [0.1, 0.15) is 24.5 Å². The third kappa shape index (κ3) is 3.61. The Morgan fingerprint density at radius 2 is 1.33 bits per heavy atom. The van der Waals surface area contributed by atoms with E-state index in [1.165, 1.54) is 17.5 Å². The molecule has 0 saturated carbocycles. The highest BCUT2D eigenvalue weighted by Crippen LogP contribution is 2.22. The number of hydrogen-bond acceptors (Lipinski definition) is 1. The number of alkyl halides is 1. The number of benzene rings is 2. The van der Waals surface area contributed by atoms with Crippen LogP contribution in [0.5, 0.6) is 11.5 Å². The van der Waals surface area contributed by atoms with Crippen LogP contribution in [0.2, 0.25) is 0 Å². The van der Waals surface area contributed by atoms with Gasteiger partial charge in [-0.3, -0.25) is 0 Å². The molecule has 0 aliphatic carbocycles. The lowest BCUT2D eigenvalue weighted by atomic mass is 10.1. The largest absolute Gasteiger partial charge is 0.457 e. The second-order valence-corrected chi connectivity index (χ2v) is 4.83. The quantitative estimate of drug-likeness (QED) is 0.679. The van der Waals surface area contributed by atoms with Gasteiger partial charge in [-0.05, 0) is 41.8 Å². The third-order valence-electron chi connectivity index (χ3n) is 2.78. The molecule has 1 nitrogen and oxygen atoms in total. The van der Waals surface area contributed by atoms with Crippen LogP contribution in [0.25, 0.3) is 0 Å². The molecule has 2 aromatic rings. The third-order valence-corrected chi connectivity index (χ3v) is 3.42. The second kappa shape index (κ2) is 6.60. The van der Waals surface area contributed by atoms with E-state index in [-0.39, 0.29) is 0 Å². The van der Waals surface area contributed by atoms with Crippen LogP contribution in [-0.4, -0.2) is 0 Å². The van der Waals surface area contributed by atoms with E-state index < -0.39 is 0 Å². The van der Waals surface area contributed by atoms with Crippen molar-refractivity contribution in [1.29, 1.82) is 0 Å². The van der Waals surface area contributed by atoms with Crippen LogP contribution in [-0.2, 0) is 11.8 Å². The molecule has 0 amide bonds. The van der Waals surface area contributed by atoms with Gasteiger partial charge in [-0.15, -0.1) is 0 Å². The molecule has 0 unspecified atom stereocenters. The summed E-state index contributed by atoms with van der Waals surface area (Å²) in [7, 11) is 0. The van der Waals surface area contributed by atoms with Crippen molar-refractivity contribution in [3.63, 3.8) is 0 Å². The first-order valence-corrected chi connectivity index (χ1v) is 7.35. The normalized spacial score (nSPS) is 10.3. The molecular weight excluding hydrogens is 288 g/mol. The Labute approximate surface area is 117 Å². The van der Waals surface area contributed by atoms with E-state index in [0.29, 0.717) is 0 Å². The smallest absolute Gasteiger partial charge is 0.127 e. The van der Waals surface area contributed by atoms with Gasteiger partial charge < -0.3 is 4.74 Å². The van der Waals surface area contributed by atoms with Gasteiger partial charge in [0.2, 0.25) is 0 Å². The Balaban J connectivity index is 2.03. The number of rotatable bonds is 5. The van der Waals surface area contributed by atoms with Gasteiger partial charge in [0, 0.05) is 5.33 Å². The fourth-order valence-electron chi connectivity index (χ4n) is 1.80. The summed E-state index contributed by atoms with van der Waals surface area (Å²) < 4.78 is 5.80. The monoisotopic (exact) mass is 304 g/mol. The summed E-state index contributed by atoms with van der Waals surface area (Å²) >= 11 is 3.43. The zero-order chi connectivity index (χ0) is 12.8. The minimum atomic E-state index is 0.874. The van der Waals surface area contributed by atoms with Crippen molar-refractivity contribution in [1.82, 2.24) is 0 Å². The van der Waals surface area contributed by atoms with Crippen molar-refractivity contribution in [2.24, 2.45) is 0 Å².